The standard InChI is InChI=1S/C14H15FN2O/c15-12-3-4-13-11(9-12)5-8-17(13)10-14(18)16-6-1-2-7-16/h3-5,8-9H,1-2,6-7,10H2. The van der Waals surface area contributed by atoms with Crippen LogP contribution in [0.15, 0.2) is 30.5 Å². The average molecular weight is 246 g/mol. The Bertz CT molecular complexity index is 584. The molecule has 0 saturated carbocycles. The van der Waals surface area contributed by atoms with Crippen molar-refractivity contribution in [3.63, 3.8) is 0 Å². The summed E-state index contributed by atoms with van der Waals surface area (Å²) < 4.78 is 15.0. The van der Waals surface area contributed by atoms with Gasteiger partial charge in [-0.3, -0.25) is 4.79 Å². The predicted molar refractivity (Wildman–Crippen MR) is 67.7 cm³/mol. The number of hydrogen-bond acceptors (Lipinski definition) is 1. The molecule has 0 unspecified atom stereocenters. The van der Waals surface area contributed by atoms with Crippen LogP contribution in [0.1, 0.15) is 12.8 Å². The molecule has 3 nitrogen and oxygen atoms in total. The Labute approximate surface area is 105 Å². The molecule has 0 atom stereocenters. The summed E-state index contributed by atoms with van der Waals surface area (Å²) in [6.45, 7) is 2.08. The zero-order valence-electron chi connectivity index (χ0n) is 10.1. The highest BCUT2D eigenvalue weighted by atomic mass is 19.1. The van der Waals surface area contributed by atoms with Crippen LogP contribution in [0.5, 0.6) is 0 Å². The number of amides is 1. The monoisotopic (exact) mass is 246 g/mol. The number of nitrogens with zero attached hydrogens (tertiary/aromatic N) is 2. The van der Waals surface area contributed by atoms with E-state index in [1.165, 1.54) is 12.1 Å². The van der Waals surface area contributed by atoms with Crippen LogP contribution in [0.2, 0.25) is 0 Å². The second-order valence-electron chi connectivity index (χ2n) is 4.73. The lowest BCUT2D eigenvalue weighted by atomic mass is 10.2. The van der Waals surface area contributed by atoms with Gasteiger partial charge in [0.25, 0.3) is 0 Å². The van der Waals surface area contributed by atoms with E-state index in [1.54, 1.807) is 6.07 Å². The third kappa shape index (κ3) is 1.98. The summed E-state index contributed by atoms with van der Waals surface area (Å²) >= 11 is 0. The van der Waals surface area contributed by atoms with Crippen molar-refractivity contribution >= 4 is 16.8 Å². The van der Waals surface area contributed by atoms with Crippen LogP contribution in [0.4, 0.5) is 4.39 Å². The minimum Gasteiger partial charge on any atom is -0.341 e. The molecule has 2 heterocycles. The van der Waals surface area contributed by atoms with E-state index in [0.717, 1.165) is 36.8 Å². The van der Waals surface area contributed by atoms with Crippen LogP contribution in [-0.2, 0) is 11.3 Å². The topological polar surface area (TPSA) is 25.2 Å². The fraction of sp³-hybridized carbons (Fsp3) is 0.357. The molecule has 0 spiro atoms. The third-order valence-electron chi connectivity index (χ3n) is 3.50. The van der Waals surface area contributed by atoms with Crippen LogP contribution < -0.4 is 0 Å². The van der Waals surface area contributed by atoms with Gasteiger partial charge in [-0.15, -0.1) is 0 Å². The minimum absolute atomic E-state index is 0.148. The highest BCUT2D eigenvalue weighted by Crippen LogP contribution is 2.18. The smallest absolute Gasteiger partial charge is 0.242 e. The third-order valence-corrected chi connectivity index (χ3v) is 3.50. The van der Waals surface area contributed by atoms with E-state index in [0.29, 0.717) is 6.54 Å². The Balaban J connectivity index is 1.84. The Kier molecular flexibility index (Phi) is 2.78. The van der Waals surface area contributed by atoms with Crippen LogP contribution in [0.3, 0.4) is 0 Å². The molecule has 1 aliphatic rings. The van der Waals surface area contributed by atoms with Crippen molar-refractivity contribution in [1.29, 1.82) is 0 Å². The molecule has 1 fully saturated rings. The first-order valence-electron chi connectivity index (χ1n) is 6.26. The number of carbonyl (C=O) groups is 1. The van der Waals surface area contributed by atoms with Gasteiger partial charge in [0.1, 0.15) is 12.4 Å². The number of benzene rings is 1. The first-order valence-corrected chi connectivity index (χ1v) is 6.26. The van der Waals surface area contributed by atoms with Crippen molar-refractivity contribution in [3.05, 3.63) is 36.3 Å². The normalized spacial score (nSPS) is 15.5. The average Bonchev–Trinajstić information content (AvgIpc) is 2.98. The SMILES string of the molecule is O=C(Cn1ccc2cc(F)ccc21)N1CCCC1. The molecule has 1 aromatic carbocycles. The van der Waals surface area contributed by atoms with Crippen LogP contribution in [0, 0.1) is 5.82 Å². The number of aromatic nitrogens is 1. The number of carbonyl (C=O) groups excluding carboxylic acids is 1. The molecule has 1 aromatic heterocycles. The first-order chi connectivity index (χ1) is 8.74. The maximum Gasteiger partial charge on any atom is 0.242 e. The van der Waals surface area contributed by atoms with Gasteiger partial charge in [-0.2, -0.15) is 0 Å². The van der Waals surface area contributed by atoms with Crippen molar-refractivity contribution in [3.8, 4) is 0 Å². The molecule has 1 saturated heterocycles. The molecule has 18 heavy (non-hydrogen) atoms. The summed E-state index contributed by atoms with van der Waals surface area (Å²) in [7, 11) is 0. The summed E-state index contributed by atoms with van der Waals surface area (Å²) in [5.41, 5.74) is 0.906. The lowest BCUT2D eigenvalue weighted by molar-refractivity contribution is -0.130. The predicted octanol–water partition coefficient (Wildman–Crippen LogP) is 2.40. The van der Waals surface area contributed by atoms with Crippen molar-refractivity contribution in [2.75, 3.05) is 13.1 Å². The number of likely N-dealkylation sites (tertiary alicyclic amines) is 1. The number of fused-ring (bicyclic) bond motifs is 1. The molecule has 94 valence electrons. The van der Waals surface area contributed by atoms with Crippen molar-refractivity contribution in [1.82, 2.24) is 9.47 Å². The Hall–Kier alpha value is -1.84. The van der Waals surface area contributed by atoms with E-state index >= 15 is 0 Å². The molecule has 0 N–H and O–H groups in total. The summed E-state index contributed by atoms with van der Waals surface area (Å²) in [5.74, 6) is -0.0968. The lowest BCUT2D eigenvalue weighted by Gasteiger charge is -2.16. The van der Waals surface area contributed by atoms with Gasteiger partial charge in [-0.05, 0) is 37.1 Å². The molecule has 1 aliphatic heterocycles. The maximum absolute atomic E-state index is 13.1. The van der Waals surface area contributed by atoms with E-state index in [-0.39, 0.29) is 11.7 Å². The Morgan fingerprint density at radius 1 is 1.22 bits per heavy atom. The molecule has 4 heteroatoms. The van der Waals surface area contributed by atoms with Gasteiger partial charge in [0, 0.05) is 30.2 Å². The van der Waals surface area contributed by atoms with Crippen molar-refractivity contribution in [2.24, 2.45) is 0 Å². The van der Waals surface area contributed by atoms with E-state index in [2.05, 4.69) is 0 Å². The number of hydrogen-bond donors (Lipinski definition) is 0. The van der Waals surface area contributed by atoms with E-state index < -0.39 is 0 Å². The summed E-state index contributed by atoms with van der Waals surface area (Å²) in [6, 6.07) is 6.49. The fourth-order valence-electron chi connectivity index (χ4n) is 2.52. The highest BCUT2D eigenvalue weighted by molar-refractivity contribution is 5.83. The quantitative estimate of drug-likeness (QED) is 0.798. The molecule has 0 aliphatic carbocycles. The molecule has 0 bridgehead atoms. The molecule has 2 aromatic rings. The van der Waals surface area contributed by atoms with Crippen LogP contribution in [0.25, 0.3) is 10.9 Å². The van der Waals surface area contributed by atoms with E-state index in [1.807, 2.05) is 21.7 Å². The maximum atomic E-state index is 13.1. The van der Waals surface area contributed by atoms with Crippen molar-refractivity contribution in [2.45, 2.75) is 19.4 Å². The summed E-state index contributed by atoms with van der Waals surface area (Å²) in [6.07, 6.45) is 4.05. The van der Waals surface area contributed by atoms with Crippen LogP contribution in [-0.4, -0.2) is 28.5 Å². The summed E-state index contributed by atoms with van der Waals surface area (Å²) in [4.78, 5) is 14.0. The largest absolute Gasteiger partial charge is 0.341 e. The molecule has 1 amide bonds. The van der Waals surface area contributed by atoms with E-state index in [9.17, 15) is 9.18 Å². The van der Waals surface area contributed by atoms with E-state index in [4.69, 9.17) is 0 Å². The van der Waals surface area contributed by atoms with Crippen LogP contribution >= 0.6 is 0 Å². The zero-order valence-corrected chi connectivity index (χ0v) is 10.1. The van der Waals surface area contributed by atoms with Gasteiger partial charge in [0.2, 0.25) is 5.91 Å². The first kappa shape index (κ1) is 11.3. The molecular weight excluding hydrogens is 231 g/mol. The molecular formula is C14H15FN2O. The number of halogens is 1. The fourth-order valence-corrected chi connectivity index (χ4v) is 2.52. The number of rotatable bonds is 2. The molecule has 0 radical (unpaired) electrons. The van der Waals surface area contributed by atoms with Gasteiger partial charge in [0.15, 0.2) is 0 Å². The summed E-state index contributed by atoms with van der Waals surface area (Å²) in [5, 5.41) is 0.837. The van der Waals surface area contributed by atoms with Gasteiger partial charge in [-0.1, -0.05) is 0 Å². The van der Waals surface area contributed by atoms with Gasteiger partial charge >= 0.3 is 0 Å². The van der Waals surface area contributed by atoms with Gasteiger partial charge < -0.3 is 9.47 Å². The Morgan fingerprint density at radius 2 is 2.00 bits per heavy atom. The lowest BCUT2D eigenvalue weighted by Crippen LogP contribution is -2.30. The zero-order chi connectivity index (χ0) is 12.5. The molecule has 3 rings (SSSR count). The van der Waals surface area contributed by atoms with Gasteiger partial charge in [0.05, 0.1) is 0 Å². The van der Waals surface area contributed by atoms with Crippen molar-refractivity contribution < 1.29 is 9.18 Å². The highest BCUT2D eigenvalue weighted by Gasteiger charge is 2.18. The Morgan fingerprint density at radius 3 is 2.78 bits per heavy atom. The second kappa shape index (κ2) is 4.44. The second-order valence-corrected chi connectivity index (χ2v) is 4.73. The minimum atomic E-state index is -0.244. The van der Waals surface area contributed by atoms with Gasteiger partial charge in [-0.25, -0.2) is 4.39 Å².